The molecule has 1 unspecified atom stereocenters. The molecule has 1 aliphatic rings. The minimum atomic E-state index is -1.22. The molecule has 1 atom stereocenters. The zero-order valence-corrected chi connectivity index (χ0v) is 8.46. The topological polar surface area (TPSA) is 24.9 Å². The van der Waals surface area contributed by atoms with E-state index in [2.05, 4.69) is 10.3 Å². The van der Waals surface area contributed by atoms with Crippen LogP contribution in [0.3, 0.4) is 0 Å². The van der Waals surface area contributed by atoms with E-state index < -0.39 is 5.67 Å². The highest BCUT2D eigenvalue weighted by Gasteiger charge is 2.35. The van der Waals surface area contributed by atoms with Crippen molar-refractivity contribution in [1.29, 1.82) is 0 Å². The standard InChI is InChI=1S/C9H13FN2S/c1-7-12-8(5-13-7)9(10)3-2-4-11-6-9/h5,11H,2-4,6H2,1H3. The second-order valence-electron chi connectivity index (χ2n) is 3.50. The first kappa shape index (κ1) is 9.09. The van der Waals surface area contributed by atoms with Crippen molar-refractivity contribution in [2.75, 3.05) is 13.1 Å². The van der Waals surface area contributed by atoms with Gasteiger partial charge in [-0.2, -0.15) is 0 Å². The van der Waals surface area contributed by atoms with Crippen LogP contribution < -0.4 is 5.32 Å². The molecule has 0 saturated carbocycles. The van der Waals surface area contributed by atoms with Crippen molar-refractivity contribution in [2.24, 2.45) is 0 Å². The van der Waals surface area contributed by atoms with E-state index in [9.17, 15) is 4.39 Å². The summed E-state index contributed by atoms with van der Waals surface area (Å²) in [6.07, 6.45) is 1.50. The molecule has 0 radical (unpaired) electrons. The Hall–Kier alpha value is -0.480. The number of thiazole rings is 1. The first-order chi connectivity index (χ1) is 6.21. The highest BCUT2D eigenvalue weighted by atomic mass is 32.1. The summed E-state index contributed by atoms with van der Waals surface area (Å²) in [5.74, 6) is 0. The summed E-state index contributed by atoms with van der Waals surface area (Å²) in [6, 6.07) is 0. The summed E-state index contributed by atoms with van der Waals surface area (Å²) >= 11 is 1.52. The van der Waals surface area contributed by atoms with Gasteiger partial charge in [-0.05, 0) is 26.3 Å². The molecule has 1 N–H and O–H groups in total. The number of aromatic nitrogens is 1. The SMILES string of the molecule is Cc1nc(C2(F)CCCNC2)cs1. The van der Waals surface area contributed by atoms with E-state index in [4.69, 9.17) is 0 Å². The summed E-state index contributed by atoms with van der Waals surface area (Å²) in [6.45, 7) is 3.25. The largest absolute Gasteiger partial charge is 0.313 e. The monoisotopic (exact) mass is 200 g/mol. The van der Waals surface area contributed by atoms with Crippen LogP contribution in [0.25, 0.3) is 0 Å². The molecule has 0 aliphatic carbocycles. The van der Waals surface area contributed by atoms with Crippen LogP contribution in [-0.2, 0) is 5.67 Å². The molecule has 2 nitrogen and oxygen atoms in total. The Morgan fingerprint density at radius 1 is 1.69 bits per heavy atom. The van der Waals surface area contributed by atoms with E-state index in [0.717, 1.165) is 18.0 Å². The molecule has 2 rings (SSSR count). The van der Waals surface area contributed by atoms with E-state index >= 15 is 0 Å². The number of rotatable bonds is 1. The number of nitrogens with one attached hydrogen (secondary N) is 1. The van der Waals surface area contributed by atoms with Gasteiger partial charge >= 0.3 is 0 Å². The number of hydrogen-bond acceptors (Lipinski definition) is 3. The molecule has 1 aromatic rings. The number of hydrogen-bond donors (Lipinski definition) is 1. The van der Waals surface area contributed by atoms with Crippen molar-refractivity contribution >= 4 is 11.3 Å². The molecule has 0 amide bonds. The van der Waals surface area contributed by atoms with E-state index in [1.54, 1.807) is 0 Å². The zero-order valence-electron chi connectivity index (χ0n) is 7.64. The Kier molecular flexibility index (Phi) is 2.34. The summed E-state index contributed by atoms with van der Waals surface area (Å²) in [7, 11) is 0. The molecule has 1 saturated heterocycles. The molecule has 1 aromatic heterocycles. The second-order valence-corrected chi connectivity index (χ2v) is 4.56. The predicted molar refractivity (Wildman–Crippen MR) is 51.7 cm³/mol. The number of aryl methyl sites for hydroxylation is 1. The van der Waals surface area contributed by atoms with Gasteiger partial charge in [-0.3, -0.25) is 0 Å². The Labute approximate surface area is 81.2 Å². The zero-order chi connectivity index (χ0) is 9.31. The summed E-state index contributed by atoms with van der Waals surface area (Å²) in [5, 5.41) is 5.85. The maximum Gasteiger partial charge on any atom is 0.165 e. The van der Waals surface area contributed by atoms with Crippen molar-refractivity contribution in [1.82, 2.24) is 10.3 Å². The predicted octanol–water partition coefficient (Wildman–Crippen LogP) is 2.00. The fourth-order valence-corrected chi connectivity index (χ4v) is 2.35. The van der Waals surface area contributed by atoms with E-state index in [1.807, 2.05) is 12.3 Å². The molecule has 1 fully saturated rings. The fraction of sp³-hybridized carbons (Fsp3) is 0.667. The third-order valence-corrected chi connectivity index (χ3v) is 3.18. The van der Waals surface area contributed by atoms with Gasteiger partial charge in [0.05, 0.1) is 10.7 Å². The maximum absolute atomic E-state index is 14.2. The summed E-state index contributed by atoms with van der Waals surface area (Å²) in [4.78, 5) is 4.21. The molecule has 0 bridgehead atoms. The number of alkyl halides is 1. The number of piperidine rings is 1. The normalized spacial score (nSPS) is 29.1. The molecule has 1 aliphatic heterocycles. The van der Waals surface area contributed by atoms with Gasteiger partial charge in [0, 0.05) is 11.9 Å². The lowest BCUT2D eigenvalue weighted by Crippen LogP contribution is -2.40. The third-order valence-electron chi connectivity index (χ3n) is 2.41. The van der Waals surface area contributed by atoms with Gasteiger partial charge in [-0.1, -0.05) is 0 Å². The van der Waals surface area contributed by atoms with Gasteiger partial charge in [0.2, 0.25) is 0 Å². The maximum atomic E-state index is 14.2. The lowest BCUT2D eigenvalue weighted by molar-refractivity contribution is 0.117. The van der Waals surface area contributed by atoms with Crippen LogP contribution in [0.15, 0.2) is 5.38 Å². The van der Waals surface area contributed by atoms with Crippen LogP contribution in [0.4, 0.5) is 4.39 Å². The van der Waals surface area contributed by atoms with E-state index in [-0.39, 0.29) is 0 Å². The molecule has 0 spiro atoms. The van der Waals surface area contributed by atoms with E-state index in [0.29, 0.717) is 18.7 Å². The van der Waals surface area contributed by atoms with Crippen LogP contribution in [0.2, 0.25) is 0 Å². The minimum absolute atomic E-state index is 0.413. The Balaban J connectivity index is 2.22. The Morgan fingerprint density at radius 2 is 2.54 bits per heavy atom. The smallest absolute Gasteiger partial charge is 0.165 e. The average Bonchev–Trinajstić information content (AvgIpc) is 2.54. The van der Waals surface area contributed by atoms with Crippen LogP contribution in [0.5, 0.6) is 0 Å². The fourth-order valence-electron chi connectivity index (χ4n) is 1.66. The Morgan fingerprint density at radius 3 is 3.08 bits per heavy atom. The lowest BCUT2D eigenvalue weighted by atomic mass is 9.93. The molecule has 72 valence electrons. The van der Waals surface area contributed by atoms with Gasteiger partial charge in [-0.25, -0.2) is 9.37 Å². The summed E-state index contributed by atoms with van der Waals surface area (Å²) in [5.41, 5.74) is -0.606. The second kappa shape index (κ2) is 3.35. The van der Waals surface area contributed by atoms with Crippen LogP contribution in [-0.4, -0.2) is 18.1 Å². The number of halogens is 1. The van der Waals surface area contributed by atoms with Gasteiger partial charge in [-0.15, -0.1) is 11.3 Å². The Bertz CT molecular complexity index is 292. The van der Waals surface area contributed by atoms with Crippen LogP contribution in [0, 0.1) is 6.92 Å². The van der Waals surface area contributed by atoms with Crippen molar-refractivity contribution in [2.45, 2.75) is 25.4 Å². The highest BCUT2D eigenvalue weighted by Crippen LogP contribution is 2.32. The van der Waals surface area contributed by atoms with Crippen molar-refractivity contribution in [3.63, 3.8) is 0 Å². The minimum Gasteiger partial charge on any atom is -0.313 e. The molecule has 13 heavy (non-hydrogen) atoms. The van der Waals surface area contributed by atoms with Gasteiger partial charge in [0.1, 0.15) is 0 Å². The van der Waals surface area contributed by atoms with Crippen molar-refractivity contribution in [3.05, 3.63) is 16.1 Å². The van der Waals surface area contributed by atoms with E-state index in [1.165, 1.54) is 11.3 Å². The van der Waals surface area contributed by atoms with Crippen LogP contribution >= 0.6 is 11.3 Å². The molecular formula is C9H13FN2S. The van der Waals surface area contributed by atoms with Gasteiger partial charge in [0.25, 0.3) is 0 Å². The number of nitrogens with zero attached hydrogens (tertiary/aromatic N) is 1. The van der Waals surface area contributed by atoms with Gasteiger partial charge in [0.15, 0.2) is 5.67 Å². The average molecular weight is 200 g/mol. The summed E-state index contributed by atoms with van der Waals surface area (Å²) < 4.78 is 14.2. The first-order valence-electron chi connectivity index (χ1n) is 4.53. The molecule has 4 heteroatoms. The van der Waals surface area contributed by atoms with Crippen molar-refractivity contribution < 1.29 is 4.39 Å². The highest BCUT2D eigenvalue weighted by molar-refractivity contribution is 7.09. The molecule has 0 aromatic carbocycles. The van der Waals surface area contributed by atoms with Crippen LogP contribution in [0.1, 0.15) is 23.5 Å². The molecular weight excluding hydrogens is 187 g/mol. The lowest BCUT2D eigenvalue weighted by Gasteiger charge is -2.28. The first-order valence-corrected chi connectivity index (χ1v) is 5.41. The van der Waals surface area contributed by atoms with Crippen molar-refractivity contribution in [3.8, 4) is 0 Å². The molecule has 2 heterocycles. The van der Waals surface area contributed by atoms with Gasteiger partial charge < -0.3 is 5.32 Å². The third kappa shape index (κ3) is 1.74. The quantitative estimate of drug-likeness (QED) is 0.750.